The lowest BCUT2D eigenvalue weighted by atomic mass is 9.98. The first-order valence-corrected chi connectivity index (χ1v) is 7.48. The zero-order chi connectivity index (χ0) is 15.5. The van der Waals surface area contributed by atoms with Gasteiger partial charge in [0.25, 0.3) is 0 Å². The molecule has 22 heavy (non-hydrogen) atoms. The second-order valence-corrected chi connectivity index (χ2v) is 5.69. The van der Waals surface area contributed by atoms with Crippen LogP contribution in [0.4, 0.5) is 4.39 Å². The highest BCUT2D eigenvalue weighted by Gasteiger charge is 2.17. The van der Waals surface area contributed by atoms with Crippen LogP contribution in [-0.4, -0.2) is 23.8 Å². The van der Waals surface area contributed by atoms with Crippen LogP contribution in [0.2, 0.25) is 5.02 Å². The average molecular weight is 316 g/mol. The van der Waals surface area contributed by atoms with E-state index in [0.717, 1.165) is 18.7 Å². The quantitative estimate of drug-likeness (QED) is 0.626. The van der Waals surface area contributed by atoms with Crippen LogP contribution in [-0.2, 0) is 6.54 Å². The van der Waals surface area contributed by atoms with Gasteiger partial charge in [-0.2, -0.15) is 0 Å². The molecule has 0 N–H and O–H groups in total. The van der Waals surface area contributed by atoms with Crippen molar-refractivity contribution < 1.29 is 9.18 Å². The largest absolute Gasteiger partial charge is 0.292 e. The standard InChI is InChI=1S/C18H15ClFNO/c19-16-11-13(7-8-17(16)20)18(22)15-6-2-1-5-14(15)12-21-9-3-4-10-21/h1-8,11H,9-10,12H2. The summed E-state index contributed by atoms with van der Waals surface area (Å²) in [7, 11) is 0. The predicted molar refractivity (Wildman–Crippen MR) is 85.7 cm³/mol. The van der Waals surface area contributed by atoms with E-state index in [1.54, 1.807) is 6.07 Å². The molecule has 0 saturated heterocycles. The topological polar surface area (TPSA) is 20.3 Å². The lowest BCUT2D eigenvalue weighted by Gasteiger charge is -2.17. The van der Waals surface area contributed by atoms with E-state index in [9.17, 15) is 9.18 Å². The first-order valence-electron chi connectivity index (χ1n) is 7.10. The maximum atomic E-state index is 13.3. The van der Waals surface area contributed by atoms with Crippen LogP contribution in [0.25, 0.3) is 0 Å². The van der Waals surface area contributed by atoms with Crippen LogP contribution in [0.15, 0.2) is 54.6 Å². The molecule has 0 spiro atoms. The first-order chi connectivity index (χ1) is 10.6. The fraction of sp³-hybridized carbons (Fsp3) is 0.167. The van der Waals surface area contributed by atoms with Crippen molar-refractivity contribution in [2.45, 2.75) is 6.54 Å². The van der Waals surface area contributed by atoms with Crippen LogP contribution in [0, 0.1) is 5.82 Å². The van der Waals surface area contributed by atoms with Crippen LogP contribution in [0.3, 0.4) is 0 Å². The molecular weight excluding hydrogens is 301 g/mol. The van der Waals surface area contributed by atoms with Gasteiger partial charge < -0.3 is 0 Å². The van der Waals surface area contributed by atoms with Gasteiger partial charge in [0.15, 0.2) is 5.78 Å². The van der Waals surface area contributed by atoms with Crippen molar-refractivity contribution in [2.24, 2.45) is 0 Å². The summed E-state index contributed by atoms with van der Waals surface area (Å²) >= 11 is 5.78. The fourth-order valence-corrected chi connectivity index (χ4v) is 2.74. The Bertz CT molecular complexity index is 734. The molecule has 2 nitrogen and oxygen atoms in total. The van der Waals surface area contributed by atoms with E-state index in [-0.39, 0.29) is 10.8 Å². The zero-order valence-corrected chi connectivity index (χ0v) is 12.7. The van der Waals surface area contributed by atoms with Crippen molar-refractivity contribution in [1.29, 1.82) is 0 Å². The summed E-state index contributed by atoms with van der Waals surface area (Å²) in [5.74, 6) is -0.653. The van der Waals surface area contributed by atoms with Gasteiger partial charge in [-0.15, -0.1) is 0 Å². The van der Waals surface area contributed by atoms with E-state index in [2.05, 4.69) is 17.1 Å². The lowest BCUT2D eigenvalue weighted by Crippen LogP contribution is -2.21. The van der Waals surface area contributed by atoms with Crippen LogP contribution >= 0.6 is 11.6 Å². The molecule has 2 aromatic rings. The molecule has 0 atom stereocenters. The number of nitrogens with zero attached hydrogens (tertiary/aromatic N) is 1. The number of halogens is 2. The Morgan fingerprint density at radius 1 is 1.14 bits per heavy atom. The molecule has 1 aliphatic heterocycles. The van der Waals surface area contributed by atoms with Gasteiger partial charge in [0.05, 0.1) is 5.02 Å². The smallest absolute Gasteiger partial charge is 0.193 e. The van der Waals surface area contributed by atoms with E-state index in [4.69, 9.17) is 11.6 Å². The van der Waals surface area contributed by atoms with Gasteiger partial charge in [-0.05, 0) is 23.8 Å². The summed E-state index contributed by atoms with van der Waals surface area (Å²) in [5, 5.41) is -0.0351. The highest BCUT2D eigenvalue weighted by Crippen LogP contribution is 2.21. The first kappa shape index (κ1) is 14.9. The summed E-state index contributed by atoms with van der Waals surface area (Å²) in [6.45, 7) is 2.50. The molecule has 4 heteroatoms. The number of hydrogen-bond donors (Lipinski definition) is 0. The van der Waals surface area contributed by atoms with Gasteiger partial charge in [0, 0.05) is 30.8 Å². The number of hydrogen-bond acceptors (Lipinski definition) is 2. The molecule has 0 saturated carbocycles. The molecule has 0 radical (unpaired) electrons. The lowest BCUT2D eigenvalue weighted by molar-refractivity contribution is 0.103. The third-order valence-electron chi connectivity index (χ3n) is 3.73. The summed E-state index contributed by atoms with van der Waals surface area (Å²) in [6, 6.07) is 11.6. The van der Waals surface area contributed by atoms with Crippen LogP contribution < -0.4 is 0 Å². The summed E-state index contributed by atoms with van der Waals surface area (Å²) in [6.07, 6.45) is 4.23. The summed E-state index contributed by atoms with van der Waals surface area (Å²) in [5.41, 5.74) is 2.01. The van der Waals surface area contributed by atoms with E-state index in [0.29, 0.717) is 17.7 Å². The summed E-state index contributed by atoms with van der Waals surface area (Å²) in [4.78, 5) is 14.9. The zero-order valence-electron chi connectivity index (χ0n) is 11.9. The number of rotatable bonds is 4. The Morgan fingerprint density at radius 3 is 2.59 bits per heavy atom. The van der Waals surface area contributed by atoms with Gasteiger partial charge in [-0.3, -0.25) is 9.69 Å². The second kappa shape index (κ2) is 6.42. The van der Waals surface area contributed by atoms with Gasteiger partial charge in [-0.25, -0.2) is 4.39 Å². The molecule has 1 heterocycles. The van der Waals surface area contributed by atoms with Crippen molar-refractivity contribution in [3.8, 4) is 0 Å². The maximum Gasteiger partial charge on any atom is 0.193 e. The van der Waals surface area contributed by atoms with Gasteiger partial charge >= 0.3 is 0 Å². The number of carbonyl (C=O) groups excluding carboxylic acids is 1. The fourth-order valence-electron chi connectivity index (χ4n) is 2.56. The van der Waals surface area contributed by atoms with Crippen molar-refractivity contribution in [1.82, 2.24) is 4.90 Å². The Kier molecular flexibility index (Phi) is 4.36. The normalized spacial score (nSPS) is 14.5. The number of benzene rings is 2. The number of carbonyl (C=O) groups is 1. The minimum atomic E-state index is -0.519. The molecular formula is C18H15ClFNO. The van der Waals surface area contributed by atoms with Crippen molar-refractivity contribution in [3.05, 3.63) is 82.1 Å². The van der Waals surface area contributed by atoms with Crippen LogP contribution in [0.1, 0.15) is 21.5 Å². The van der Waals surface area contributed by atoms with E-state index >= 15 is 0 Å². The monoisotopic (exact) mass is 315 g/mol. The van der Waals surface area contributed by atoms with Gasteiger partial charge in [-0.1, -0.05) is 48.0 Å². The third-order valence-corrected chi connectivity index (χ3v) is 4.02. The van der Waals surface area contributed by atoms with Gasteiger partial charge in [0.2, 0.25) is 0 Å². The molecule has 1 aliphatic rings. The van der Waals surface area contributed by atoms with Crippen molar-refractivity contribution >= 4 is 17.4 Å². The predicted octanol–water partition coefficient (Wildman–Crippen LogP) is 4.08. The Balaban J connectivity index is 1.89. The summed E-state index contributed by atoms with van der Waals surface area (Å²) < 4.78 is 13.3. The van der Waals surface area contributed by atoms with E-state index in [1.165, 1.54) is 18.2 Å². The second-order valence-electron chi connectivity index (χ2n) is 5.28. The van der Waals surface area contributed by atoms with Crippen molar-refractivity contribution in [2.75, 3.05) is 13.1 Å². The molecule has 0 fully saturated rings. The van der Waals surface area contributed by atoms with Gasteiger partial charge in [0.1, 0.15) is 5.82 Å². The molecule has 2 aromatic carbocycles. The average Bonchev–Trinajstić information content (AvgIpc) is 3.03. The number of ketones is 1. The molecule has 112 valence electrons. The van der Waals surface area contributed by atoms with Crippen molar-refractivity contribution in [3.63, 3.8) is 0 Å². The molecule has 0 amide bonds. The molecule has 3 rings (SSSR count). The third kappa shape index (κ3) is 3.11. The molecule has 0 aliphatic carbocycles. The highest BCUT2D eigenvalue weighted by atomic mass is 35.5. The van der Waals surface area contributed by atoms with Crippen LogP contribution in [0.5, 0.6) is 0 Å². The maximum absolute atomic E-state index is 13.3. The molecule has 0 aromatic heterocycles. The molecule has 0 unspecified atom stereocenters. The minimum Gasteiger partial charge on any atom is -0.292 e. The van der Waals surface area contributed by atoms with E-state index < -0.39 is 5.82 Å². The van der Waals surface area contributed by atoms with E-state index in [1.807, 2.05) is 18.2 Å². The highest BCUT2D eigenvalue weighted by molar-refractivity contribution is 6.31. The SMILES string of the molecule is O=C(c1ccc(F)c(Cl)c1)c1ccccc1CN1CC=CC1. The Hall–Kier alpha value is -1.97. The molecule has 0 bridgehead atoms. The Morgan fingerprint density at radius 2 is 1.86 bits per heavy atom. The minimum absolute atomic E-state index is 0.0351. The Labute approximate surface area is 133 Å².